The van der Waals surface area contributed by atoms with Crippen LogP contribution in [-0.2, 0) is 13.2 Å². The quantitative estimate of drug-likeness (QED) is 0.846. The second kappa shape index (κ2) is 5.01. The van der Waals surface area contributed by atoms with Crippen molar-refractivity contribution >= 4 is 0 Å². The fourth-order valence-corrected chi connectivity index (χ4v) is 1.61. The molecule has 0 radical (unpaired) electrons. The molecule has 4 nitrogen and oxygen atoms in total. The maximum absolute atomic E-state index is 5.73. The van der Waals surface area contributed by atoms with Crippen LogP contribution in [-0.4, -0.2) is 9.97 Å². The van der Waals surface area contributed by atoms with Gasteiger partial charge >= 0.3 is 0 Å². The van der Waals surface area contributed by atoms with Crippen molar-refractivity contribution in [1.29, 1.82) is 0 Å². The summed E-state index contributed by atoms with van der Waals surface area (Å²) in [5.74, 6) is 1.70. The van der Waals surface area contributed by atoms with E-state index in [2.05, 4.69) is 29.9 Å². The normalized spacial score (nSPS) is 10.5. The van der Waals surface area contributed by atoms with E-state index in [9.17, 15) is 0 Å². The molecule has 4 heteroatoms. The molecule has 1 heterocycles. The van der Waals surface area contributed by atoms with Crippen molar-refractivity contribution in [3.63, 3.8) is 0 Å². The molecular weight excluding hydrogens is 214 g/mol. The third kappa shape index (κ3) is 2.65. The van der Waals surface area contributed by atoms with Crippen molar-refractivity contribution in [2.45, 2.75) is 27.0 Å². The molecule has 0 fully saturated rings. The highest BCUT2D eigenvalue weighted by atomic mass is 16.5. The summed E-state index contributed by atoms with van der Waals surface area (Å²) >= 11 is 0. The van der Waals surface area contributed by atoms with Gasteiger partial charge in [0, 0.05) is 18.4 Å². The molecule has 90 valence electrons. The molecule has 0 amide bonds. The summed E-state index contributed by atoms with van der Waals surface area (Å²) in [7, 11) is 0. The van der Waals surface area contributed by atoms with Gasteiger partial charge in [0.05, 0.1) is 0 Å². The zero-order chi connectivity index (χ0) is 12.3. The van der Waals surface area contributed by atoms with E-state index in [1.54, 1.807) is 6.20 Å². The molecule has 0 unspecified atom stereocenters. The summed E-state index contributed by atoms with van der Waals surface area (Å²) in [5, 5.41) is 0. The van der Waals surface area contributed by atoms with Gasteiger partial charge in [0.1, 0.15) is 18.2 Å². The number of nitrogens with two attached hydrogens (primary N) is 1. The van der Waals surface area contributed by atoms with Crippen molar-refractivity contribution in [3.8, 4) is 5.75 Å². The number of rotatable bonds is 4. The molecular formula is C13H17N3O. The third-order valence-corrected chi connectivity index (χ3v) is 2.82. The standard InChI is InChI=1S/C13H17N3O/c1-9-4-3-5-12(10(9)2)17-8-13-15-7-11(6-14)16-13/h3-5,7H,6,8,14H2,1-2H3,(H,15,16). The van der Waals surface area contributed by atoms with Gasteiger partial charge in [-0.05, 0) is 31.0 Å². The van der Waals surface area contributed by atoms with Gasteiger partial charge in [-0.2, -0.15) is 0 Å². The number of hydrogen-bond acceptors (Lipinski definition) is 3. The number of aromatic amines is 1. The lowest BCUT2D eigenvalue weighted by Gasteiger charge is -2.09. The predicted molar refractivity (Wildman–Crippen MR) is 66.7 cm³/mol. The van der Waals surface area contributed by atoms with Gasteiger partial charge in [-0.15, -0.1) is 0 Å². The van der Waals surface area contributed by atoms with E-state index in [1.165, 1.54) is 5.56 Å². The van der Waals surface area contributed by atoms with Gasteiger partial charge in [-0.25, -0.2) is 4.98 Å². The van der Waals surface area contributed by atoms with Crippen molar-refractivity contribution in [3.05, 3.63) is 47.0 Å². The Labute approximate surface area is 101 Å². The van der Waals surface area contributed by atoms with E-state index < -0.39 is 0 Å². The minimum Gasteiger partial charge on any atom is -0.485 e. The van der Waals surface area contributed by atoms with E-state index in [0.29, 0.717) is 13.2 Å². The molecule has 0 saturated carbocycles. The van der Waals surface area contributed by atoms with E-state index in [-0.39, 0.29) is 0 Å². The fraction of sp³-hybridized carbons (Fsp3) is 0.308. The van der Waals surface area contributed by atoms with Crippen molar-refractivity contribution in [2.24, 2.45) is 5.73 Å². The Balaban J connectivity index is 2.04. The van der Waals surface area contributed by atoms with Gasteiger partial charge in [-0.3, -0.25) is 0 Å². The minimum atomic E-state index is 0.435. The number of nitrogens with one attached hydrogen (secondary N) is 1. The second-order valence-corrected chi connectivity index (χ2v) is 4.05. The van der Waals surface area contributed by atoms with Gasteiger partial charge < -0.3 is 15.5 Å². The van der Waals surface area contributed by atoms with E-state index in [4.69, 9.17) is 10.5 Å². The molecule has 1 aromatic heterocycles. The molecule has 0 aliphatic rings. The van der Waals surface area contributed by atoms with Crippen LogP contribution in [0.2, 0.25) is 0 Å². The smallest absolute Gasteiger partial charge is 0.146 e. The summed E-state index contributed by atoms with van der Waals surface area (Å²) in [5.41, 5.74) is 8.81. The Morgan fingerprint density at radius 1 is 1.35 bits per heavy atom. The number of benzene rings is 1. The van der Waals surface area contributed by atoms with Crippen molar-refractivity contribution < 1.29 is 4.74 Å². The number of hydrogen-bond donors (Lipinski definition) is 2. The highest BCUT2D eigenvalue weighted by Gasteiger charge is 2.04. The van der Waals surface area contributed by atoms with Crippen LogP contribution >= 0.6 is 0 Å². The molecule has 0 aliphatic carbocycles. The highest BCUT2D eigenvalue weighted by Crippen LogP contribution is 2.21. The minimum absolute atomic E-state index is 0.435. The number of aryl methyl sites for hydroxylation is 1. The lowest BCUT2D eigenvalue weighted by Crippen LogP contribution is -2.01. The Morgan fingerprint density at radius 3 is 2.88 bits per heavy atom. The first-order chi connectivity index (χ1) is 8.20. The lowest BCUT2D eigenvalue weighted by atomic mass is 10.1. The van der Waals surface area contributed by atoms with Gasteiger partial charge in [0.25, 0.3) is 0 Å². The van der Waals surface area contributed by atoms with Gasteiger partial charge in [0.15, 0.2) is 0 Å². The first-order valence-electron chi connectivity index (χ1n) is 5.62. The van der Waals surface area contributed by atoms with Crippen LogP contribution in [0.5, 0.6) is 5.75 Å². The molecule has 3 N–H and O–H groups in total. The SMILES string of the molecule is Cc1cccc(OCc2ncc(CN)[nH]2)c1C. The monoisotopic (exact) mass is 231 g/mol. The number of H-pyrrole nitrogens is 1. The molecule has 0 bridgehead atoms. The maximum atomic E-state index is 5.73. The van der Waals surface area contributed by atoms with Gasteiger partial charge in [-0.1, -0.05) is 12.1 Å². The number of imidazole rings is 1. The molecule has 2 rings (SSSR count). The number of ether oxygens (including phenoxy) is 1. The second-order valence-electron chi connectivity index (χ2n) is 4.05. The summed E-state index contributed by atoms with van der Waals surface area (Å²) in [6.07, 6.45) is 1.74. The zero-order valence-electron chi connectivity index (χ0n) is 10.2. The Bertz CT molecular complexity index is 505. The van der Waals surface area contributed by atoms with Crippen LogP contribution < -0.4 is 10.5 Å². The van der Waals surface area contributed by atoms with Crippen molar-refractivity contribution in [1.82, 2.24) is 9.97 Å². The van der Waals surface area contributed by atoms with Crippen LogP contribution in [0.4, 0.5) is 0 Å². The topological polar surface area (TPSA) is 63.9 Å². The van der Waals surface area contributed by atoms with Crippen LogP contribution in [0, 0.1) is 13.8 Å². The van der Waals surface area contributed by atoms with E-state index >= 15 is 0 Å². The number of nitrogens with zero attached hydrogens (tertiary/aromatic N) is 1. The molecule has 17 heavy (non-hydrogen) atoms. The molecule has 0 aliphatic heterocycles. The maximum Gasteiger partial charge on any atom is 0.146 e. The van der Waals surface area contributed by atoms with Crippen LogP contribution in [0.25, 0.3) is 0 Å². The summed E-state index contributed by atoms with van der Waals surface area (Å²) in [6.45, 7) is 5.03. The van der Waals surface area contributed by atoms with Crippen LogP contribution in [0.3, 0.4) is 0 Å². The van der Waals surface area contributed by atoms with Crippen LogP contribution in [0.15, 0.2) is 24.4 Å². The van der Waals surface area contributed by atoms with Crippen molar-refractivity contribution in [2.75, 3.05) is 0 Å². The average molecular weight is 231 g/mol. The molecule has 1 aromatic carbocycles. The Morgan fingerprint density at radius 2 is 2.18 bits per heavy atom. The first-order valence-corrected chi connectivity index (χ1v) is 5.62. The van der Waals surface area contributed by atoms with E-state index in [0.717, 1.165) is 22.8 Å². The average Bonchev–Trinajstić information content (AvgIpc) is 2.79. The fourth-order valence-electron chi connectivity index (χ4n) is 1.61. The largest absolute Gasteiger partial charge is 0.485 e. The number of aromatic nitrogens is 2. The molecule has 0 saturated heterocycles. The predicted octanol–water partition coefficient (Wildman–Crippen LogP) is 2.06. The van der Waals surface area contributed by atoms with Crippen LogP contribution in [0.1, 0.15) is 22.6 Å². The summed E-state index contributed by atoms with van der Waals surface area (Å²) in [4.78, 5) is 7.30. The summed E-state index contributed by atoms with van der Waals surface area (Å²) < 4.78 is 5.73. The highest BCUT2D eigenvalue weighted by molar-refractivity contribution is 5.38. The third-order valence-electron chi connectivity index (χ3n) is 2.82. The lowest BCUT2D eigenvalue weighted by molar-refractivity contribution is 0.294. The Kier molecular flexibility index (Phi) is 3.44. The zero-order valence-corrected chi connectivity index (χ0v) is 10.2. The first kappa shape index (κ1) is 11.7. The van der Waals surface area contributed by atoms with E-state index in [1.807, 2.05) is 12.1 Å². The van der Waals surface area contributed by atoms with Gasteiger partial charge in [0.2, 0.25) is 0 Å². The Hall–Kier alpha value is -1.81. The summed E-state index contributed by atoms with van der Waals surface area (Å²) in [6, 6.07) is 6.03. The molecule has 0 spiro atoms. The molecule has 0 atom stereocenters. The molecule has 2 aromatic rings.